The lowest BCUT2D eigenvalue weighted by atomic mass is 10.0. The Morgan fingerprint density at radius 3 is 2.47 bits per heavy atom. The molecule has 1 aromatic carbocycles. The summed E-state index contributed by atoms with van der Waals surface area (Å²) in [6.45, 7) is 3.87. The van der Waals surface area contributed by atoms with E-state index in [1.807, 2.05) is 18.2 Å². The van der Waals surface area contributed by atoms with E-state index >= 15 is 0 Å². The van der Waals surface area contributed by atoms with Crippen molar-refractivity contribution < 1.29 is 14.7 Å². The van der Waals surface area contributed by atoms with E-state index in [0.29, 0.717) is 5.69 Å². The van der Waals surface area contributed by atoms with Crippen LogP contribution in [-0.2, 0) is 9.59 Å². The molecule has 0 bridgehead atoms. The van der Waals surface area contributed by atoms with E-state index in [0.717, 1.165) is 12.8 Å². The van der Waals surface area contributed by atoms with Crippen LogP contribution in [0.25, 0.3) is 0 Å². The Labute approximate surface area is 113 Å². The van der Waals surface area contributed by atoms with Crippen LogP contribution in [-0.4, -0.2) is 23.5 Å². The van der Waals surface area contributed by atoms with E-state index in [1.165, 1.54) is 4.90 Å². The van der Waals surface area contributed by atoms with Crippen LogP contribution in [0.3, 0.4) is 0 Å². The summed E-state index contributed by atoms with van der Waals surface area (Å²) in [6, 6.07) is 9.01. The van der Waals surface area contributed by atoms with Gasteiger partial charge in [-0.15, -0.1) is 0 Å². The predicted molar refractivity (Wildman–Crippen MR) is 72.9 cm³/mol. The number of rotatable bonds is 5. The molecule has 0 spiro atoms. The topological polar surface area (TPSA) is 57.6 Å². The molecule has 1 aromatic rings. The van der Waals surface area contributed by atoms with Crippen molar-refractivity contribution in [3.05, 3.63) is 30.3 Å². The number of carboxylic acids is 1. The van der Waals surface area contributed by atoms with E-state index in [1.54, 1.807) is 12.1 Å². The molecule has 1 saturated carbocycles. The summed E-state index contributed by atoms with van der Waals surface area (Å²) >= 11 is 0. The van der Waals surface area contributed by atoms with Crippen molar-refractivity contribution in [2.75, 3.05) is 11.4 Å². The van der Waals surface area contributed by atoms with Crippen molar-refractivity contribution in [2.45, 2.75) is 26.7 Å². The number of anilines is 1. The molecule has 0 saturated heterocycles. The number of aliphatic carboxylic acids is 1. The first-order valence-corrected chi connectivity index (χ1v) is 6.56. The zero-order chi connectivity index (χ0) is 14.0. The molecule has 1 aliphatic rings. The van der Waals surface area contributed by atoms with Crippen LogP contribution >= 0.6 is 0 Å². The number of carbonyl (C=O) groups is 2. The molecule has 0 aliphatic heterocycles. The molecule has 1 amide bonds. The van der Waals surface area contributed by atoms with Gasteiger partial charge in [0.2, 0.25) is 5.91 Å². The van der Waals surface area contributed by atoms with Gasteiger partial charge in [0.25, 0.3) is 0 Å². The molecular weight excluding hydrogens is 242 g/mol. The van der Waals surface area contributed by atoms with Crippen LogP contribution in [0, 0.1) is 11.3 Å². The third kappa shape index (κ3) is 2.78. The van der Waals surface area contributed by atoms with Crippen LogP contribution in [0.5, 0.6) is 0 Å². The van der Waals surface area contributed by atoms with Crippen molar-refractivity contribution in [3.8, 4) is 0 Å². The van der Waals surface area contributed by atoms with Gasteiger partial charge in [-0.25, -0.2) is 0 Å². The number of hydrogen-bond acceptors (Lipinski definition) is 2. The summed E-state index contributed by atoms with van der Waals surface area (Å²) in [5.41, 5.74) is 0.697. The van der Waals surface area contributed by atoms with Gasteiger partial charge in [0.05, 0.1) is 0 Å². The average molecular weight is 261 g/mol. The number of amides is 1. The fraction of sp³-hybridized carbons (Fsp3) is 0.467. The van der Waals surface area contributed by atoms with Crippen molar-refractivity contribution in [3.63, 3.8) is 0 Å². The molecule has 0 aromatic heterocycles. The molecule has 1 N–H and O–H groups in total. The Kier molecular flexibility index (Phi) is 3.60. The second-order valence-electron chi connectivity index (χ2n) is 5.42. The fourth-order valence-electron chi connectivity index (χ4n) is 2.41. The van der Waals surface area contributed by atoms with Gasteiger partial charge in [-0.05, 0) is 30.4 Å². The maximum Gasteiger partial charge on any atom is 0.323 e. The summed E-state index contributed by atoms with van der Waals surface area (Å²) in [5.74, 6) is -1.11. The molecule has 19 heavy (non-hydrogen) atoms. The van der Waals surface area contributed by atoms with Crippen LogP contribution < -0.4 is 4.90 Å². The first-order valence-electron chi connectivity index (χ1n) is 6.56. The van der Waals surface area contributed by atoms with Gasteiger partial charge in [0.1, 0.15) is 6.54 Å². The number of hydrogen-bond donors (Lipinski definition) is 1. The molecule has 1 aliphatic carbocycles. The lowest BCUT2D eigenvalue weighted by Crippen LogP contribution is -2.37. The Morgan fingerprint density at radius 2 is 2.00 bits per heavy atom. The second kappa shape index (κ2) is 5.03. The van der Waals surface area contributed by atoms with Crippen LogP contribution in [0.2, 0.25) is 0 Å². The summed E-state index contributed by atoms with van der Waals surface area (Å²) in [4.78, 5) is 24.8. The highest BCUT2D eigenvalue weighted by molar-refractivity contribution is 6.00. The van der Waals surface area contributed by atoms with Gasteiger partial charge < -0.3 is 10.0 Å². The first-order chi connectivity index (χ1) is 8.98. The molecule has 4 nitrogen and oxygen atoms in total. The van der Waals surface area contributed by atoms with E-state index in [9.17, 15) is 9.59 Å². The zero-order valence-corrected chi connectivity index (χ0v) is 11.3. The molecule has 0 heterocycles. The molecule has 1 fully saturated rings. The number of nitrogens with zero attached hydrogens (tertiary/aromatic N) is 1. The van der Waals surface area contributed by atoms with E-state index in [4.69, 9.17) is 5.11 Å². The van der Waals surface area contributed by atoms with Crippen LogP contribution in [0.15, 0.2) is 30.3 Å². The van der Waals surface area contributed by atoms with E-state index in [2.05, 4.69) is 13.8 Å². The smallest absolute Gasteiger partial charge is 0.323 e. The Balaban J connectivity index is 2.20. The van der Waals surface area contributed by atoms with Crippen molar-refractivity contribution >= 4 is 17.6 Å². The largest absolute Gasteiger partial charge is 0.480 e. The molecular formula is C15H19NO3. The number of carboxylic acid groups (broad SMARTS) is 1. The zero-order valence-electron chi connectivity index (χ0n) is 11.3. The molecule has 0 radical (unpaired) electrons. The first kappa shape index (κ1) is 13.6. The molecule has 2 rings (SSSR count). The number of carbonyl (C=O) groups excluding carboxylic acids is 1. The van der Waals surface area contributed by atoms with Crippen LogP contribution in [0.1, 0.15) is 26.7 Å². The molecule has 4 heteroatoms. The SMILES string of the molecule is CCC1(C)CC1C(=O)N(CC(=O)O)c1ccccc1. The second-order valence-corrected chi connectivity index (χ2v) is 5.42. The highest BCUT2D eigenvalue weighted by Crippen LogP contribution is 2.55. The lowest BCUT2D eigenvalue weighted by Gasteiger charge is -2.22. The van der Waals surface area contributed by atoms with Gasteiger partial charge in [-0.3, -0.25) is 9.59 Å². The monoisotopic (exact) mass is 261 g/mol. The molecule has 2 atom stereocenters. The Hall–Kier alpha value is -1.84. The summed E-state index contributed by atoms with van der Waals surface area (Å²) in [6.07, 6.45) is 1.80. The third-order valence-corrected chi connectivity index (χ3v) is 4.08. The average Bonchev–Trinajstić information content (AvgIpc) is 3.09. The summed E-state index contributed by atoms with van der Waals surface area (Å²) in [5, 5.41) is 8.99. The summed E-state index contributed by atoms with van der Waals surface area (Å²) < 4.78 is 0. The maximum absolute atomic E-state index is 12.5. The Morgan fingerprint density at radius 1 is 1.37 bits per heavy atom. The van der Waals surface area contributed by atoms with Gasteiger partial charge in [0, 0.05) is 11.6 Å². The minimum Gasteiger partial charge on any atom is -0.480 e. The highest BCUT2D eigenvalue weighted by Gasteiger charge is 2.54. The van der Waals surface area contributed by atoms with E-state index in [-0.39, 0.29) is 23.8 Å². The molecule has 2 unspecified atom stereocenters. The highest BCUT2D eigenvalue weighted by atomic mass is 16.4. The van der Waals surface area contributed by atoms with Gasteiger partial charge >= 0.3 is 5.97 Å². The number of para-hydroxylation sites is 1. The predicted octanol–water partition coefficient (Wildman–Crippen LogP) is 2.54. The summed E-state index contributed by atoms with van der Waals surface area (Å²) in [7, 11) is 0. The number of benzene rings is 1. The minimum atomic E-state index is -0.990. The maximum atomic E-state index is 12.5. The quantitative estimate of drug-likeness (QED) is 0.886. The van der Waals surface area contributed by atoms with Crippen LogP contribution in [0.4, 0.5) is 5.69 Å². The van der Waals surface area contributed by atoms with Crippen molar-refractivity contribution in [1.82, 2.24) is 0 Å². The minimum absolute atomic E-state index is 0.0443. The standard InChI is InChI=1S/C15H19NO3/c1-3-15(2)9-12(15)14(19)16(10-13(17)18)11-7-5-4-6-8-11/h4-8,12H,3,9-10H2,1-2H3,(H,17,18). The van der Waals surface area contributed by atoms with E-state index < -0.39 is 5.97 Å². The molecule has 102 valence electrons. The van der Waals surface area contributed by atoms with Gasteiger partial charge in [-0.2, -0.15) is 0 Å². The Bertz CT molecular complexity index is 485. The normalized spacial score (nSPS) is 24.8. The van der Waals surface area contributed by atoms with Gasteiger partial charge in [0.15, 0.2) is 0 Å². The van der Waals surface area contributed by atoms with Gasteiger partial charge in [-0.1, -0.05) is 32.0 Å². The fourth-order valence-corrected chi connectivity index (χ4v) is 2.41. The third-order valence-electron chi connectivity index (χ3n) is 4.08. The van der Waals surface area contributed by atoms with Crippen molar-refractivity contribution in [2.24, 2.45) is 11.3 Å². The van der Waals surface area contributed by atoms with Crippen molar-refractivity contribution in [1.29, 1.82) is 0 Å². The lowest BCUT2D eigenvalue weighted by molar-refractivity contribution is -0.136.